The van der Waals surface area contributed by atoms with Crippen molar-refractivity contribution in [3.63, 3.8) is 0 Å². The number of nitrogens with one attached hydrogen (secondary N) is 2. The molecule has 2 heterocycles. The van der Waals surface area contributed by atoms with Crippen LogP contribution in [0.4, 0.5) is 5.88 Å². The predicted octanol–water partition coefficient (Wildman–Crippen LogP) is 4.35. The summed E-state index contributed by atoms with van der Waals surface area (Å²) >= 11 is 6.12. The van der Waals surface area contributed by atoms with Gasteiger partial charge >= 0.3 is 5.97 Å². The Bertz CT molecular complexity index is 1060. The summed E-state index contributed by atoms with van der Waals surface area (Å²) in [6, 6.07) is 6.91. The van der Waals surface area contributed by atoms with Crippen molar-refractivity contribution in [2.24, 2.45) is 0 Å². The summed E-state index contributed by atoms with van der Waals surface area (Å²) in [6.45, 7) is 4.61. The zero-order chi connectivity index (χ0) is 19.7. The topological polar surface area (TPSA) is 101 Å². The monoisotopic (exact) mass is 388 g/mol. The van der Waals surface area contributed by atoms with Crippen LogP contribution in [0.15, 0.2) is 28.7 Å². The van der Waals surface area contributed by atoms with Crippen LogP contribution in [0, 0.1) is 6.92 Å². The number of furan rings is 1. The van der Waals surface area contributed by atoms with E-state index in [0.717, 1.165) is 5.39 Å². The average Bonchev–Trinajstić information content (AvgIpc) is 3.17. The Morgan fingerprint density at radius 2 is 2.00 bits per heavy atom. The number of Topliss-reactive ketones (excluding diaryl/α,β-unsaturated/α-hetero) is 1. The van der Waals surface area contributed by atoms with Gasteiger partial charge in [-0.15, -0.1) is 0 Å². The molecule has 140 valence electrons. The summed E-state index contributed by atoms with van der Waals surface area (Å²) < 4.78 is 10.5. The number of ether oxygens (including phenoxy) is 1. The van der Waals surface area contributed by atoms with E-state index in [0.29, 0.717) is 10.5 Å². The second kappa shape index (κ2) is 7.28. The molecule has 3 rings (SSSR count). The van der Waals surface area contributed by atoms with Gasteiger partial charge in [0.2, 0.25) is 5.88 Å². The third-order valence-corrected chi connectivity index (χ3v) is 4.31. The number of anilines is 1. The highest BCUT2D eigenvalue weighted by molar-refractivity contribution is 6.35. The molecule has 0 saturated carbocycles. The predicted molar refractivity (Wildman–Crippen MR) is 101 cm³/mol. The molecular formula is C19H17ClN2O5. The van der Waals surface area contributed by atoms with E-state index in [1.807, 2.05) is 6.07 Å². The second-order valence-electron chi connectivity index (χ2n) is 5.86. The SMILES string of the molecule is CCOC(=O)c1c(NC(=O)c2cc3cccc(Cl)c3[nH]2)oc(C)c1C(C)=O. The quantitative estimate of drug-likeness (QED) is 0.499. The highest BCUT2D eigenvalue weighted by Crippen LogP contribution is 2.29. The number of amides is 1. The summed E-state index contributed by atoms with van der Waals surface area (Å²) in [5.41, 5.74) is 0.842. The zero-order valence-electron chi connectivity index (χ0n) is 14.9. The fourth-order valence-electron chi connectivity index (χ4n) is 2.87. The van der Waals surface area contributed by atoms with E-state index in [1.165, 1.54) is 13.8 Å². The Hall–Kier alpha value is -3.06. The van der Waals surface area contributed by atoms with Crippen LogP contribution in [-0.4, -0.2) is 29.3 Å². The Morgan fingerprint density at radius 3 is 2.63 bits per heavy atom. The number of aromatic nitrogens is 1. The lowest BCUT2D eigenvalue weighted by molar-refractivity contribution is 0.0524. The van der Waals surface area contributed by atoms with E-state index in [1.54, 1.807) is 25.1 Å². The number of esters is 1. The molecule has 1 amide bonds. The molecule has 0 fully saturated rings. The van der Waals surface area contributed by atoms with Crippen molar-refractivity contribution < 1.29 is 23.5 Å². The maximum atomic E-state index is 12.6. The number of carbonyl (C=O) groups excluding carboxylic acids is 3. The van der Waals surface area contributed by atoms with Gasteiger partial charge in [-0.3, -0.25) is 14.9 Å². The highest BCUT2D eigenvalue weighted by Gasteiger charge is 2.29. The van der Waals surface area contributed by atoms with E-state index < -0.39 is 11.9 Å². The van der Waals surface area contributed by atoms with Gasteiger partial charge in [-0.2, -0.15) is 0 Å². The zero-order valence-corrected chi connectivity index (χ0v) is 15.7. The lowest BCUT2D eigenvalue weighted by Gasteiger charge is -2.05. The van der Waals surface area contributed by atoms with Crippen molar-refractivity contribution in [1.29, 1.82) is 0 Å². The van der Waals surface area contributed by atoms with Crippen LogP contribution in [0.1, 0.15) is 50.8 Å². The lowest BCUT2D eigenvalue weighted by Crippen LogP contribution is -2.16. The van der Waals surface area contributed by atoms with Crippen LogP contribution in [0.5, 0.6) is 0 Å². The Morgan fingerprint density at radius 1 is 1.26 bits per heavy atom. The van der Waals surface area contributed by atoms with Gasteiger partial charge in [-0.05, 0) is 32.9 Å². The molecule has 0 aliphatic rings. The van der Waals surface area contributed by atoms with E-state index in [4.69, 9.17) is 20.8 Å². The summed E-state index contributed by atoms with van der Waals surface area (Å²) in [7, 11) is 0. The summed E-state index contributed by atoms with van der Waals surface area (Å²) in [4.78, 5) is 39.8. The van der Waals surface area contributed by atoms with Crippen LogP contribution in [0.25, 0.3) is 10.9 Å². The number of hydrogen-bond donors (Lipinski definition) is 2. The molecule has 0 saturated heterocycles. The third-order valence-electron chi connectivity index (χ3n) is 3.99. The van der Waals surface area contributed by atoms with Crippen molar-refractivity contribution in [2.45, 2.75) is 20.8 Å². The number of ketones is 1. The number of aromatic amines is 1. The summed E-state index contributed by atoms with van der Waals surface area (Å²) in [5, 5.41) is 3.77. The first kappa shape index (κ1) is 18.7. The number of rotatable bonds is 5. The van der Waals surface area contributed by atoms with Gasteiger partial charge in [0.05, 0.1) is 22.7 Å². The fraction of sp³-hybridized carbons (Fsp3) is 0.211. The molecule has 0 aliphatic carbocycles. The minimum absolute atomic E-state index is 0.0865. The van der Waals surface area contributed by atoms with Crippen LogP contribution in [-0.2, 0) is 4.74 Å². The van der Waals surface area contributed by atoms with Crippen LogP contribution < -0.4 is 5.32 Å². The number of benzene rings is 1. The van der Waals surface area contributed by atoms with Crippen molar-refractivity contribution in [2.75, 3.05) is 11.9 Å². The third kappa shape index (κ3) is 3.46. The molecule has 8 heteroatoms. The first-order valence-electron chi connectivity index (χ1n) is 8.23. The highest BCUT2D eigenvalue weighted by atomic mass is 35.5. The minimum Gasteiger partial charge on any atom is -0.462 e. The van der Waals surface area contributed by atoms with E-state index >= 15 is 0 Å². The van der Waals surface area contributed by atoms with Gasteiger partial charge in [0.15, 0.2) is 5.78 Å². The fourth-order valence-corrected chi connectivity index (χ4v) is 3.10. The van der Waals surface area contributed by atoms with Crippen LogP contribution in [0.3, 0.4) is 0 Å². The molecule has 3 aromatic rings. The van der Waals surface area contributed by atoms with Crippen molar-refractivity contribution in [1.82, 2.24) is 4.98 Å². The van der Waals surface area contributed by atoms with E-state index in [-0.39, 0.29) is 40.9 Å². The molecule has 0 unspecified atom stereocenters. The number of aryl methyl sites for hydroxylation is 1. The second-order valence-corrected chi connectivity index (χ2v) is 6.26. The Labute approximate surface area is 159 Å². The molecule has 1 aromatic carbocycles. The van der Waals surface area contributed by atoms with Crippen LogP contribution >= 0.6 is 11.6 Å². The largest absolute Gasteiger partial charge is 0.462 e. The van der Waals surface area contributed by atoms with E-state index in [2.05, 4.69) is 10.3 Å². The molecule has 0 aliphatic heterocycles. The molecule has 0 radical (unpaired) electrons. The van der Waals surface area contributed by atoms with Gasteiger partial charge in [0.1, 0.15) is 17.0 Å². The molecule has 0 spiro atoms. The molecule has 0 bridgehead atoms. The van der Waals surface area contributed by atoms with E-state index in [9.17, 15) is 14.4 Å². The normalized spacial score (nSPS) is 10.8. The van der Waals surface area contributed by atoms with Gasteiger partial charge < -0.3 is 14.1 Å². The lowest BCUT2D eigenvalue weighted by atomic mass is 10.1. The average molecular weight is 389 g/mol. The molecule has 0 atom stereocenters. The maximum Gasteiger partial charge on any atom is 0.344 e. The first-order valence-corrected chi connectivity index (χ1v) is 8.61. The minimum atomic E-state index is -0.741. The maximum absolute atomic E-state index is 12.6. The number of para-hydroxylation sites is 1. The Balaban J connectivity index is 1.99. The molecule has 2 N–H and O–H groups in total. The summed E-state index contributed by atoms with van der Waals surface area (Å²) in [6.07, 6.45) is 0. The van der Waals surface area contributed by atoms with Crippen LogP contribution in [0.2, 0.25) is 5.02 Å². The number of fused-ring (bicyclic) bond motifs is 1. The van der Waals surface area contributed by atoms with Gasteiger partial charge in [0.25, 0.3) is 5.91 Å². The Kier molecular flexibility index (Phi) is 5.05. The van der Waals surface area contributed by atoms with Gasteiger partial charge in [-0.25, -0.2) is 4.79 Å². The molecule has 27 heavy (non-hydrogen) atoms. The molecular weight excluding hydrogens is 372 g/mol. The number of H-pyrrole nitrogens is 1. The number of carbonyl (C=O) groups is 3. The van der Waals surface area contributed by atoms with Gasteiger partial charge in [0, 0.05) is 5.39 Å². The van der Waals surface area contributed by atoms with Crippen molar-refractivity contribution in [3.8, 4) is 0 Å². The van der Waals surface area contributed by atoms with Crippen molar-refractivity contribution >= 4 is 46.0 Å². The molecule has 7 nitrogen and oxygen atoms in total. The van der Waals surface area contributed by atoms with Gasteiger partial charge in [-0.1, -0.05) is 23.7 Å². The summed E-state index contributed by atoms with van der Waals surface area (Å²) in [5.74, 6) is -1.56. The number of halogens is 1. The molecule has 2 aromatic heterocycles. The van der Waals surface area contributed by atoms with Crippen molar-refractivity contribution in [3.05, 3.63) is 51.9 Å². The standard InChI is InChI=1S/C19H17ClN2O5/c1-4-26-19(25)15-14(9(2)23)10(3)27-18(15)22-17(24)13-8-11-6-5-7-12(20)16(11)21-13/h5-8,21H,4H2,1-3H3,(H,22,24). The number of hydrogen-bond acceptors (Lipinski definition) is 5. The first-order chi connectivity index (χ1) is 12.8. The smallest absolute Gasteiger partial charge is 0.344 e.